The van der Waals surface area contributed by atoms with Crippen molar-refractivity contribution < 1.29 is 4.39 Å². The van der Waals surface area contributed by atoms with E-state index in [1.54, 1.807) is 12.1 Å². The first-order valence-electron chi connectivity index (χ1n) is 6.17. The number of halogens is 2. The molecule has 0 saturated heterocycles. The first-order valence-corrected chi connectivity index (χ1v) is 6.96. The van der Waals surface area contributed by atoms with Gasteiger partial charge in [0.25, 0.3) is 0 Å². The molecule has 7 heteroatoms. The quantitative estimate of drug-likeness (QED) is 0.723. The van der Waals surface area contributed by atoms with Crippen LogP contribution in [0.1, 0.15) is 5.56 Å². The van der Waals surface area contributed by atoms with Gasteiger partial charge in [-0.1, -0.05) is 12.1 Å². The highest BCUT2D eigenvalue weighted by Crippen LogP contribution is 2.29. The Labute approximate surface area is 128 Å². The lowest BCUT2D eigenvalue weighted by Gasteiger charge is -2.09. The Morgan fingerprint density at radius 2 is 2.05 bits per heavy atom. The molecule has 0 spiro atoms. The third kappa shape index (κ3) is 2.40. The van der Waals surface area contributed by atoms with Gasteiger partial charge in [0, 0.05) is 10.2 Å². The molecule has 0 amide bonds. The van der Waals surface area contributed by atoms with Crippen LogP contribution >= 0.6 is 15.9 Å². The first-order chi connectivity index (χ1) is 10.1. The maximum Gasteiger partial charge on any atom is 0.190 e. The predicted octanol–water partition coefficient (Wildman–Crippen LogP) is 3.12. The molecular weight excluding hydrogens is 337 g/mol. The van der Waals surface area contributed by atoms with Crippen LogP contribution < -0.4 is 5.73 Å². The van der Waals surface area contributed by atoms with Crippen LogP contribution in [-0.2, 0) is 0 Å². The lowest BCUT2D eigenvalue weighted by Crippen LogP contribution is -2.03. The van der Waals surface area contributed by atoms with Crippen molar-refractivity contribution >= 4 is 21.6 Å². The van der Waals surface area contributed by atoms with Crippen LogP contribution in [-0.4, -0.2) is 20.2 Å². The van der Waals surface area contributed by atoms with Crippen LogP contribution in [0.4, 0.5) is 10.1 Å². The average molecular weight is 348 g/mol. The van der Waals surface area contributed by atoms with E-state index in [9.17, 15) is 4.39 Å². The maximum atomic E-state index is 14.1. The molecule has 0 fully saturated rings. The van der Waals surface area contributed by atoms with Crippen molar-refractivity contribution in [3.63, 3.8) is 0 Å². The SMILES string of the molecule is Cc1cccc(-n2nnnc2-c2ccc(N)cc2F)c1Br. The van der Waals surface area contributed by atoms with E-state index in [4.69, 9.17) is 5.73 Å². The summed E-state index contributed by atoms with van der Waals surface area (Å²) >= 11 is 3.51. The molecule has 1 aromatic heterocycles. The van der Waals surface area contributed by atoms with E-state index >= 15 is 0 Å². The number of hydrogen-bond donors (Lipinski definition) is 1. The number of tetrazole rings is 1. The summed E-state index contributed by atoms with van der Waals surface area (Å²) in [5, 5.41) is 11.5. The van der Waals surface area contributed by atoms with Crippen molar-refractivity contribution in [2.45, 2.75) is 6.92 Å². The van der Waals surface area contributed by atoms with Crippen LogP contribution in [0.3, 0.4) is 0 Å². The van der Waals surface area contributed by atoms with Gasteiger partial charge >= 0.3 is 0 Å². The lowest BCUT2D eigenvalue weighted by molar-refractivity contribution is 0.629. The van der Waals surface area contributed by atoms with Gasteiger partial charge in [-0.2, -0.15) is 4.68 Å². The molecule has 0 aliphatic rings. The molecule has 3 rings (SSSR count). The largest absolute Gasteiger partial charge is 0.399 e. The Morgan fingerprint density at radius 3 is 2.81 bits per heavy atom. The molecule has 0 atom stereocenters. The number of hydrogen-bond acceptors (Lipinski definition) is 4. The number of nitrogens with two attached hydrogens (primary N) is 1. The molecule has 0 bridgehead atoms. The molecule has 0 aliphatic carbocycles. The van der Waals surface area contributed by atoms with Crippen LogP contribution in [0, 0.1) is 12.7 Å². The summed E-state index contributed by atoms with van der Waals surface area (Å²) in [4.78, 5) is 0. The molecule has 1 heterocycles. The van der Waals surface area contributed by atoms with Gasteiger partial charge in [-0.3, -0.25) is 0 Å². The van der Waals surface area contributed by atoms with Crippen molar-refractivity contribution in [2.24, 2.45) is 0 Å². The summed E-state index contributed by atoms with van der Waals surface area (Å²) in [6.07, 6.45) is 0. The lowest BCUT2D eigenvalue weighted by atomic mass is 10.1. The highest BCUT2D eigenvalue weighted by atomic mass is 79.9. The van der Waals surface area contributed by atoms with E-state index in [1.807, 2.05) is 25.1 Å². The van der Waals surface area contributed by atoms with Gasteiger partial charge in [0.2, 0.25) is 0 Å². The Kier molecular flexibility index (Phi) is 3.42. The zero-order chi connectivity index (χ0) is 15.0. The maximum absolute atomic E-state index is 14.1. The minimum Gasteiger partial charge on any atom is -0.399 e. The molecule has 3 aromatic rings. The highest BCUT2D eigenvalue weighted by Gasteiger charge is 2.17. The molecule has 2 aromatic carbocycles. The molecule has 0 radical (unpaired) electrons. The second-order valence-electron chi connectivity index (χ2n) is 4.56. The van der Waals surface area contributed by atoms with Gasteiger partial charge in [0.05, 0.1) is 11.3 Å². The van der Waals surface area contributed by atoms with Gasteiger partial charge in [0.15, 0.2) is 5.82 Å². The smallest absolute Gasteiger partial charge is 0.190 e. The number of aryl methyl sites for hydroxylation is 1. The summed E-state index contributed by atoms with van der Waals surface area (Å²) in [6, 6.07) is 10.1. The number of anilines is 1. The molecule has 21 heavy (non-hydrogen) atoms. The summed E-state index contributed by atoms with van der Waals surface area (Å²) in [5.41, 5.74) is 7.99. The highest BCUT2D eigenvalue weighted by molar-refractivity contribution is 9.10. The van der Waals surface area contributed by atoms with Crippen molar-refractivity contribution in [1.29, 1.82) is 0 Å². The van der Waals surface area contributed by atoms with Gasteiger partial charge in [-0.15, -0.1) is 5.10 Å². The Hall–Kier alpha value is -2.28. The predicted molar refractivity (Wildman–Crippen MR) is 81.4 cm³/mol. The number of aromatic nitrogens is 4. The second-order valence-corrected chi connectivity index (χ2v) is 5.35. The van der Waals surface area contributed by atoms with Crippen molar-refractivity contribution in [2.75, 3.05) is 5.73 Å². The summed E-state index contributed by atoms with van der Waals surface area (Å²) in [7, 11) is 0. The monoisotopic (exact) mass is 347 g/mol. The number of nitrogen functional groups attached to an aromatic ring is 1. The third-order valence-electron chi connectivity index (χ3n) is 3.10. The fourth-order valence-electron chi connectivity index (χ4n) is 2.03. The normalized spacial score (nSPS) is 10.8. The average Bonchev–Trinajstić information content (AvgIpc) is 2.91. The topological polar surface area (TPSA) is 69.6 Å². The zero-order valence-corrected chi connectivity index (χ0v) is 12.7. The van der Waals surface area contributed by atoms with Crippen LogP contribution in [0.5, 0.6) is 0 Å². The molecule has 0 unspecified atom stereocenters. The Bertz CT molecular complexity index is 815. The molecule has 0 saturated carbocycles. The number of nitrogens with zero attached hydrogens (tertiary/aromatic N) is 4. The minimum absolute atomic E-state index is 0.294. The standard InChI is InChI=1S/C14H11BrFN5/c1-8-3-2-4-12(13(8)15)21-14(18-19-20-21)10-6-5-9(17)7-11(10)16/h2-7H,17H2,1H3. The van der Waals surface area contributed by atoms with E-state index in [0.717, 1.165) is 15.7 Å². The summed E-state index contributed by atoms with van der Waals surface area (Å²) in [6.45, 7) is 1.96. The van der Waals surface area contributed by atoms with E-state index in [-0.39, 0.29) is 0 Å². The van der Waals surface area contributed by atoms with Gasteiger partial charge in [0.1, 0.15) is 5.82 Å². The van der Waals surface area contributed by atoms with Crippen LogP contribution in [0.25, 0.3) is 17.1 Å². The van der Waals surface area contributed by atoms with E-state index < -0.39 is 5.82 Å². The number of benzene rings is 2. The first kappa shape index (κ1) is 13.7. The molecule has 2 N–H and O–H groups in total. The van der Waals surface area contributed by atoms with Crippen LogP contribution in [0.15, 0.2) is 40.9 Å². The van der Waals surface area contributed by atoms with Crippen LogP contribution in [0.2, 0.25) is 0 Å². The van der Waals surface area contributed by atoms with E-state index in [1.165, 1.54) is 10.7 Å². The summed E-state index contributed by atoms with van der Waals surface area (Å²) in [5.74, 6) is -0.145. The van der Waals surface area contributed by atoms with Gasteiger partial charge in [-0.05, 0) is 63.1 Å². The minimum atomic E-state index is -0.463. The van der Waals surface area contributed by atoms with Gasteiger partial charge < -0.3 is 5.73 Å². The van der Waals surface area contributed by atoms with Crippen molar-refractivity contribution in [3.05, 3.63) is 52.3 Å². The van der Waals surface area contributed by atoms with E-state index in [2.05, 4.69) is 31.5 Å². The Morgan fingerprint density at radius 1 is 1.24 bits per heavy atom. The molecular formula is C14H11BrFN5. The van der Waals surface area contributed by atoms with Crippen molar-refractivity contribution in [3.8, 4) is 17.1 Å². The third-order valence-corrected chi connectivity index (χ3v) is 4.13. The fourth-order valence-corrected chi connectivity index (χ4v) is 2.46. The Balaban J connectivity index is 2.20. The second kappa shape index (κ2) is 5.25. The zero-order valence-electron chi connectivity index (χ0n) is 11.1. The molecule has 106 valence electrons. The fraction of sp³-hybridized carbons (Fsp3) is 0.0714. The summed E-state index contributed by atoms with van der Waals surface area (Å²) < 4.78 is 16.4. The number of rotatable bonds is 2. The molecule has 5 nitrogen and oxygen atoms in total. The molecule has 0 aliphatic heterocycles. The van der Waals surface area contributed by atoms with Crippen molar-refractivity contribution in [1.82, 2.24) is 20.2 Å². The van der Waals surface area contributed by atoms with E-state index in [0.29, 0.717) is 17.1 Å². The van der Waals surface area contributed by atoms with Gasteiger partial charge in [-0.25, -0.2) is 4.39 Å².